The number of likely N-dealkylation sites (tertiary alicyclic amines) is 1. The Morgan fingerprint density at radius 1 is 1.50 bits per heavy atom. The smallest absolute Gasteiger partial charge is 0.122 e. The van der Waals surface area contributed by atoms with Gasteiger partial charge in [0.2, 0.25) is 0 Å². The lowest BCUT2D eigenvalue weighted by atomic mass is 10.2. The van der Waals surface area contributed by atoms with Crippen LogP contribution in [0.25, 0.3) is 0 Å². The molecule has 4 heteroatoms. The van der Waals surface area contributed by atoms with E-state index in [1.54, 1.807) is 0 Å². The fraction of sp³-hybridized carbons (Fsp3) is 0.714. The minimum Gasteiger partial charge on any atom is -0.468 e. The molecule has 1 saturated heterocycles. The molecule has 1 N–H and O–H groups in total. The first-order valence-electron chi connectivity index (χ1n) is 6.85. The van der Waals surface area contributed by atoms with Gasteiger partial charge in [0.1, 0.15) is 5.76 Å². The van der Waals surface area contributed by atoms with Gasteiger partial charge in [0.25, 0.3) is 0 Å². The highest BCUT2D eigenvalue weighted by Gasteiger charge is 2.24. The number of likely N-dealkylation sites (N-methyl/N-ethyl adjacent to an activating group) is 1. The molecule has 0 bridgehead atoms. The topological polar surface area (TPSA) is 31.7 Å². The van der Waals surface area contributed by atoms with Gasteiger partial charge < -0.3 is 14.6 Å². The molecule has 0 radical (unpaired) electrons. The van der Waals surface area contributed by atoms with Crippen molar-refractivity contribution in [2.24, 2.45) is 0 Å². The molecule has 1 atom stereocenters. The molecule has 102 valence electrons. The molecule has 18 heavy (non-hydrogen) atoms. The summed E-state index contributed by atoms with van der Waals surface area (Å²) in [7, 11) is 4.34. The van der Waals surface area contributed by atoms with Gasteiger partial charge in [-0.15, -0.1) is 0 Å². The predicted octanol–water partition coefficient (Wildman–Crippen LogP) is 1.52. The third kappa shape index (κ3) is 3.34. The molecular formula is C14H25N3O. The van der Waals surface area contributed by atoms with Gasteiger partial charge in [-0.3, -0.25) is 4.90 Å². The Morgan fingerprint density at radius 2 is 2.33 bits per heavy atom. The fourth-order valence-corrected chi connectivity index (χ4v) is 2.52. The van der Waals surface area contributed by atoms with E-state index in [1.807, 2.05) is 6.26 Å². The van der Waals surface area contributed by atoms with Crippen LogP contribution in [0.2, 0.25) is 0 Å². The van der Waals surface area contributed by atoms with E-state index in [4.69, 9.17) is 4.42 Å². The van der Waals surface area contributed by atoms with Gasteiger partial charge in [-0.05, 0) is 33.1 Å². The van der Waals surface area contributed by atoms with Crippen molar-refractivity contribution in [1.82, 2.24) is 15.1 Å². The Labute approximate surface area is 110 Å². The predicted molar refractivity (Wildman–Crippen MR) is 73.5 cm³/mol. The van der Waals surface area contributed by atoms with Crippen LogP contribution in [0, 0.1) is 0 Å². The summed E-state index contributed by atoms with van der Waals surface area (Å²) in [6, 6.07) is 2.81. The first-order valence-corrected chi connectivity index (χ1v) is 6.85. The zero-order valence-corrected chi connectivity index (χ0v) is 11.8. The summed E-state index contributed by atoms with van der Waals surface area (Å²) in [5, 5.41) is 3.32. The van der Waals surface area contributed by atoms with Gasteiger partial charge in [-0.2, -0.15) is 0 Å². The van der Waals surface area contributed by atoms with E-state index in [9.17, 15) is 0 Å². The molecule has 1 aliphatic rings. The molecule has 0 amide bonds. The van der Waals surface area contributed by atoms with Crippen LogP contribution in [0.1, 0.15) is 24.7 Å². The monoisotopic (exact) mass is 251 g/mol. The SMILES string of the molecule is CCNCc1occc1CN1CCC(N(C)C)C1. The van der Waals surface area contributed by atoms with Crippen molar-refractivity contribution in [2.75, 3.05) is 33.7 Å². The number of nitrogens with one attached hydrogen (secondary N) is 1. The second-order valence-electron chi connectivity index (χ2n) is 5.29. The number of hydrogen-bond acceptors (Lipinski definition) is 4. The Bertz CT molecular complexity index is 362. The summed E-state index contributed by atoms with van der Waals surface area (Å²) in [5.74, 6) is 1.09. The second kappa shape index (κ2) is 6.36. The first-order chi connectivity index (χ1) is 8.70. The molecule has 2 heterocycles. The third-order valence-corrected chi connectivity index (χ3v) is 3.74. The molecule has 4 nitrogen and oxygen atoms in total. The Kier molecular flexibility index (Phi) is 4.80. The lowest BCUT2D eigenvalue weighted by Crippen LogP contribution is -2.31. The molecule has 1 fully saturated rings. The van der Waals surface area contributed by atoms with Crippen molar-refractivity contribution in [1.29, 1.82) is 0 Å². The highest BCUT2D eigenvalue weighted by atomic mass is 16.3. The Balaban J connectivity index is 1.88. The van der Waals surface area contributed by atoms with E-state index >= 15 is 0 Å². The minimum atomic E-state index is 0.703. The summed E-state index contributed by atoms with van der Waals surface area (Å²) < 4.78 is 5.55. The lowest BCUT2D eigenvalue weighted by Gasteiger charge is -2.20. The van der Waals surface area contributed by atoms with Gasteiger partial charge in [-0.25, -0.2) is 0 Å². The molecule has 1 aromatic heterocycles. The van der Waals surface area contributed by atoms with Crippen molar-refractivity contribution in [3.63, 3.8) is 0 Å². The number of hydrogen-bond donors (Lipinski definition) is 1. The van der Waals surface area contributed by atoms with Gasteiger partial charge in [0.15, 0.2) is 0 Å². The molecule has 0 aromatic carbocycles. The van der Waals surface area contributed by atoms with E-state index in [1.165, 1.54) is 25.1 Å². The van der Waals surface area contributed by atoms with Gasteiger partial charge >= 0.3 is 0 Å². The zero-order valence-electron chi connectivity index (χ0n) is 11.8. The van der Waals surface area contributed by atoms with Crippen molar-refractivity contribution in [3.05, 3.63) is 23.7 Å². The van der Waals surface area contributed by atoms with Crippen molar-refractivity contribution >= 4 is 0 Å². The van der Waals surface area contributed by atoms with Crippen LogP contribution in [0.4, 0.5) is 0 Å². The molecule has 1 unspecified atom stereocenters. The number of rotatable bonds is 6. The van der Waals surface area contributed by atoms with E-state index in [-0.39, 0.29) is 0 Å². The molecule has 2 rings (SSSR count). The third-order valence-electron chi connectivity index (χ3n) is 3.74. The van der Waals surface area contributed by atoms with Crippen LogP contribution in [-0.4, -0.2) is 49.6 Å². The van der Waals surface area contributed by atoms with Gasteiger partial charge in [0.05, 0.1) is 12.8 Å². The highest BCUT2D eigenvalue weighted by Crippen LogP contribution is 2.19. The quantitative estimate of drug-likeness (QED) is 0.831. The number of furan rings is 1. The maximum Gasteiger partial charge on any atom is 0.122 e. The molecule has 0 aliphatic carbocycles. The second-order valence-corrected chi connectivity index (χ2v) is 5.29. The lowest BCUT2D eigenvalue weighted by molar-refractivity contribution is 0.263. The maximum absolute atomic E-state index is 5.55. The normalized spacial score (nSPS) is 21.0. The Hall–Kier alpha value is -0.840. The van der Waals surface area contributed by atoms with Crippen LogP contribution in [-0.2, 0) is 13.1 Å². The Morgan fingerprint density at radius 3 is 3.00 bits per heavy atom. The minimum absolute atomic E-state index is 0.703. The fourth-order valence-electron chi connectivity index (χ4n) is 2.52. The molecule has 1 aromatic rings. The molecular weight excluding hydrogens is 226 g/mol. The average Bonchev–Trinajstić information content (AvgIpc) is 2.96. The number of nitrogens with zero attached hydrogens (tertiary/aromatic N) is 2. The first kappa shape index (κ1) is 13.6. The average molecular weight is 251 g/mol. The summed E-state index contributed by atoms with van der Waals surface area (Å²) in [6.07, 6.45) is 3.08. The molecule has 0 saturated carbocycles. The van der Waals surface area contributed by atoms with Gasteiger partial charge in [0, 0.05) is 31.2 Å². The van der Waals surface area contributed by atoms with Gasteiger partial charge in [-0.1, -0.05) is 6.92 Å². The van der Waals surface area contributed by atoms with Crippen molar-refractivity contribution < 1.29 is 4.42 Å². The van der Waals surface area contributed by atoms with Crippen LogP contribution < -0.4 is 5.32 Å². The van der Waals surface area contributed by atoms with E-state index in [2.05, 4.69) is 42.2 Å². The van der Waals surface area contributed by atoms with Crippen LogP contribution >= 0.6 is 0 Å². The van der Waals surface area contributed by atoms with E-state index in [0.29, 0.717) is 6.04 Å². The van der Waals surface area contributed by atoms with E-state index in [0.717, 1.165) is 25.4 Å². The molecule has 1 aliphatic heterocycles. The largest absolute Gasteiger partial charge is 0.468 e. The van der Waals surface area contributed by atoms with Crippen LogP contribution in [0.5, 0.6) is 0 Å². The standard InChI is InChI=1S/C14H25N3O/c1-4-15-9-14-12(6-8-18-14)10-17-7-5-13(11-17)16(2)3/h6,8,13,15H,4-5,7,9-11H2,1-3H3. The van der Waals surface area contributed by atoms with E-state index < -0.39 is 0 Å². The van der Waals surface area contributed by atoms with Crippen LogP contribution in [0.15, 0.2) is 16.7 Å². The zero-order chi connectivity index (χ0) is 13.0. The van der Waals surface area contributed by atoms with Crippen molar-refractivity contribution in [2.45, 2.75) is 32.5 Å². The van der Waals surface area contributed by atoms with Crippen LogP contribution in [0.3, 0.4) is 0 Å². The molecule has 0 spiro atoms. The summed E-state index contributed by atoms with van der Waals surface area (Å²) in [5.41, 5.74) is 1.33. The summed E-state index contributed by atoms with van der Waals surface area (Å²) in [6.45, 7) is 7.30. The highest BCUT2D eigenvalue weighted by molar-refractivity contribution is 5.17. The van der Waals surface area contributed by atoms with Crippen molar-refractivity contribution in [3.8, 4) is 0 Å². The summed E-state index contributed by atoms with van der Waals surface area (Å²) >= 11 is 0. The maximum atomic E-state index is 5.55. The summed E-state index contributed by atoms with van der Waals surface area (Å²) in [4.78, 5) is 4.85.